The van der Waals surface area contributed by atoms with Crippen LogP contribution < -0.4 is 10.2 Å². The van der Waals surface area contributed by atoms with Gasteiger partial charge in [0.1, 0.15) is 0 Å². The van der Waals surface area contributed by atoms with Crippen molar-refractivity contribution in [3.8, 4) is 0 Å². The van der Waals surface area contributed by atoms with Gasteiger partial charge in [-0.1, -0.05) is 18.2 Å². The Kier molecular flexibility index (Phi) is 4.54. The molecule has 4 rings (SSSR count). The molecule has 0 saturated carbocycles. The van der Waals surface area contributed by atoms with Crippen LogP contribution >= 0.6 is 0 Å². The lowest BCUT2D eigenvalue weighted by molar-refractivity contribution is 0.280. The maximum atomic E-state index is 4.79. The van der Waals surface area contributed by atoms with Crippen LogP contribution in [0.4, 0.5) is 5.69 Å². The molecule has 3 heterocycles. The molecular weight excluding hydrogens is 298 g/mol. The summed E-state index contributed by atoms with van der Waals surface area (Å²) in [5, 5.41) is 8.20. The van der Waals surface area contributed by atoms with E-state index in [1.54, 1.807) is 0 Å². The highest BCUT2D eigenvalue weighted by atomic mass is 15.3. The van der Waals surface area contributed by atoms with Crippen LogP contribution in [0.3, 0.4) is 0 Å². The van der Waals surface area contributed by atoms with Gasteiger partial charge in [0.05, 0.1) is 17.9 Å². The standard InChI is InChI=1S/C19H27N5/c1-16-5-2-3-6-19(16)23-9-4-8-22(11-12-23)15-17-13-18-14-20-7-10-24(18)21-17/h2-3,5-6,13,20H,4,7-12,14-15H2,1H3. The Hall–Kier alpha value is -1.85. The molecule has 128 valence electrons. The fourth-order valence-corrected chi connectivity index (χ4v) is 3.85. The third-order valence-corrected chi connectivity index (χ3v) is 5.15. The zero-order valence-corrected chi connectivity index (χ0v) is 14.5. The fraction of sp³-hybridized carbons (Fsp3) is 0.526. The van der Waals surface area contributed by atoms with Gasteiger partial charge < -0.3 is 10.2 Å². The van der Waals surface area contributed by atoms with Crippen molar-refractivity contribution in [1.82, 2.24) is 20.0 Å². The summed E-state index contributed by atoms with van der Waals surface area (Å²) in [4.78, 5) is 5.09. The first-order chi connectivity index (χ1) is 11.8. The maximum Gasteiger partial charge on any atom is 0.0768 e. The molecule has 1 aromatic heterocycles. The SMILES string of the molecule is Cc1ccccc1N1CCCN(Cc2cc3n(n2)CCNC3)CC1. The Bertz CT molecular complexity index is 669. The molecule has 2 aliphatic rings. The van der Waals surface area contributed by atoms with Gasteiger partial charge in [0.25, 0.3) is 0 Å². The van der Waals surface area contributed by atoms with Gasteiger partial charge >= 0.3 is 0 Å². The van der Waals surface area contributed by atoms with E-state index in [0.29, 0.717) is 0 Å². The molecule has 0 atom stereocenters. The predicted molar refractivity (Wildman–Crippen MR) is 97.2 cm³/mol. The van der Waals surface area contributed by atoms with Crippen LogP contribution in [-0.4, -0.2) is 47.4 Å². The zero-order chi connectivity index (χ0) is 16.4. The van der Waals surface area contributed by atoms with E-state index in [4.69, 9.17) is 5.10 Å². The second kappa shape index (κ2) is 6.95. The van der Waals surface area contributed by atoms with Crippen molar-refractivity contribution in [2.24, 2.45) is 0 Å². The molecule has 0 bridgehead atoms. The number of rotatable bonds is 3. The van der Waals surface area contributed by atoms with E-state index in [9.17, 15) is 0 Å². The van der Waals surface area contributed by atoms with Gasteiger partial charge in [0.15, 0.2) is 0 Å². The largest absolute Gasteiger partial charge is 0.370 e. The quantitative estimate of drug-likeness (QED) is 0.936. The lowest BCUT2D eigenvalue weighted by Gasteiger charge is -2.25. The molecule has 5 heteroatoms. The van der Waals surface area contributed by atoms with Crippen molar-refractivity contribution in [2.75, 3.05) is 37.6 Å². The van der Waals surface area contributed by atoms with Crippen LogP contribution in [0.2, 0.25) is 0 Å². The Morgan fingerprint density at radius 1 is 1.08 bits per heavy atom. The van der Waals surface area contributed by atoms with Gasteiger partial charge in [-0.05, 0) is 31.0 Å². The Balaban J connectivity index is 1.40. The van der Waals surface area contributed by atoms with Gasteiger partial charge in [0, 0.05) is 51.5 Å². The summed E-state index contributed by atoms with van der Waals surface area (Å²) in [6.45, 7) is 10.7. The van der Waals surface area contributed by atoms with E-state index < -0.39 is 0 Å². The Morgan fingerprint density at radius 3 is 2.88 bits per heavy atom. The lowest BCUT2D eigenvalue weighted by atomic mass is 10.2. The number of hydrogen-bond donors (Lipinski definition) is 1. The molecule has 0 radical (unpaired) electrons. The Morgan fingerprint density at radius 2 is 2.00 bits per heavy atom. The van der Waals surface area contributed by atoms with Gasteiger partial charge in [-0.15, -0.1) is 0 Å². The number of para-hydroxylation sites is 1. The van der Waals surface area contributed by atoms with Crippen molar-refractivity contribution >= 4 is 5.69 Å². The maximum absolute atomic E-state index is 4.79. The molecular formula is C19H27N5. The average molecular weight is 325 g/mol. The predicted octanol–water partition coefficient (Wildman–Crippen LogP) is 2.01. The van der Waals surface area contributed by atoms with E-state index in [0.717, 1.165) is 52.4 Å². The molecule has 1 fully saturated rings. The molecule has 1 saturated heterocycles. The van der Waals surface area contributed by atoms with Crippen LogP contribution in [0.5, 0.6) is 0 Å². The Labute approximate surface area is 144 Å². The number of nitrogens with zero attached hydrogens (tertiary/aromatic N) is 4. The van der Waals surface area contributed by atoms with Crippen LogP contribution in [-0.2, 0) is 19.6 Å². The van der Waals surface area contributed by atoms with E-state index in [1.807, 2.05) is 0 Å². The van der Waals surface area contributed by atoms with Crippen LogP contribution in [0.1, 0.15) is 23.4 Å². The highest BCUT2D eigenvalue weighted by Crippen LogP contribution is 2.21. The van der Waals surface area contributed by atoms with Gasteiger partial charge in [-0.3, -0.25) is 9.58 Å². The van der Waals surface area contributed by atoms with E-state index in [-0.39, 0.29) is 0 Å². The highest BCUT2D eigenvalue weighted by molar-refractivity contribution is 5.53. The summed E-state index contributed by atoms with van der Waals surface area (Å²) in [7, 11) is 0. The second-order valence-electron chi connectivity index (χ2n) is 6.93. The van der Waals surface area contributed by atoms with E-state index >= 15 is 0 Å². The van der Waals surface area contributed by atoms with Crippen molar-refractivity contribution < 1.29 is 0 Å². The summed E-state index contributed by atoms with van der Waals surface area (Å²) in [5.41, 5.74) is 5.31. The van der Waals surface area contributed by atoms with Crippen LogP contribution in [0.25, 0.3) is 0 Å². The number of aromatic nitrogens is 2. The topological polar surface area (TPSA) is 36.3 Å². The molecule has 0 spiro atoms. The normalized spacial score (nSPS) is 19.1. The minimum atomic E-state index is 0.952. The molecule has 1 aromatic carbocycles. The summed E-state index contributed by atoms with van der Waals surface area (Å²) in [6.07, 6.45) is 1.21. The lowest BCUT2D eigenvalue weighted by Crippen LogP contribution is -2.31. The van der Waals surface area contributed by atoms with Crippen molar-refractivity contribution in [3.05, 3.63) is 47.3 Å². The van der Waals surface area contributed by atoms with Crippen molar-refractivity contribution in [2.45, 2.75) is 33.0 Å². The van der Waals surface area contributed by atoms with Crippen molar-refractivity contribution in [3.63, 3.8) is 0 Å². The van der Waals surface area contributed by atoms with Gasteiger partial charge in [-0.2, -0.15) is 5.10 Å². The smallest absolute Gasteiger partial charge is 0.0768 e. The minimum Gasteiger partial charge on any atom is -0.370 e. The van der Waals surface area contributed by atoms with Crippen LogP contribution in [0.15, 0.2) is 30.3 Å². The first-order valence-corrected chi connectivity index (χ1v) is 9.09. The summed E-state index contributed by atoms with van der Waals surface area (Å²) in [5.74, 6) is 0. The number of hydrogen-bond acceptors (Lipinski definition) is 4. The van der Waals surface area contributed by atoms with Gasteiger partial charge in [0.2, 0.25) is 0 Å². The second-order valence-corrected chi connectivity index (χ2v) is 6.93. The number of fused-ring (bicyclic) bond motifs is 1. The third-order valence-electron chi connectivity index (χ3n) is 5.15. The summed E-state index contributed by atoms with van der Waals surface area (Å²) in [6, 6.07) is 11.0. The fourth-order valence-electron chi connectivity index (χ4n) is 3.85. The first kappa shape index (κ1) is 15.7. The van der Waals surface area contributed by atoms with E-state index in [2.05, 4.69) is 57.1 Å². The number of benzene rings is 1. The summed E-state index contributed by atoms with van der Waals surface area (Å²) >= 11 is 0. The minimum absolute atomic E-state index is 0.952. The van der Waals surface area contributed by atoms with Gasteiger partial charge in [-0.25, -0.2) is 0 Å². The molecule has 0 unspecified atom stereocenters. The van der Waals surface area contributed by atoms with E-state index in [1.165, 1.54) is 29.1 Å². The highest BCUT2D eigenvalue weighted by Gasteiger charge is 2.18. The first-order valence-electron chi connectivity index (χ1n) is 9.09. The zero-order valence-electron chi connectivity index (χ0n) is 14.5. The molecule has 2 aliphatic heterocycles. The number of aryl methyl sites for hydroxylation is 1. The molecule has 0 amide bonds. The van der Waals surface area contributed by atoms with Crippen LogP contribution in [0, 0.1) is 6.92 Å². The molecule has 24 heavy (non-hydrogen) atoms. The number of anilines is 1. The molecule has 1 N–H and O–H groups in total. The van der Waals surface area contributed by atoms with Crippen molar-refractivity contribution in [1.29, 1.82) is 0 Å². The monoisotopic (exact) mass is 325 g/mol. The molecule has 0 aliphatic carbocycles. The third kappa shape index (κ3) is 3.32. The molecule has 2 aromatic rings. The average Bonchev–Trinajstić information content (AvgIpc) is 2.86. The summed E-state index contributed by atoms with van der Waals surface area (Å²) < 4.78 is 2.17. The number of nitrogens with one attached hydrogen (secondary N) is 1. The molecule has 5 nitrogen and oxygen atoms in total.